The van der Waals surface area contributed by atoms with Crippen LogP contribution in [0.2, 0.25) is 0 Å². The lowest BCUT2D eigenvalue weighted by atomic mass is 10.3. The fraction of sp³-hybridized carbons (Fsp3) is 0.286. The molecule has 1 nitrogen and oxygen atoms in total. The molecule has 0 aliphatic rings. The van der Waals surface area contributed by atoms with Gasteiger partial charge >= 0.3 is 0 Å². The smallest absolute Gasteiger partial charge is 0.197 e. The third kappa shape index (κ3) is 1.69. The van der Waals surface area contributed by atoms with E-state index in [0.29, 0.717) is 6.20 Å². The highest BCUT2D eigenvalue weighted by molar-refractivity contribution is 5.08. The minimum atomic E-state index is -1.47. The van der Waals surface area contributed by atoms with E-state index in [1.165, 1.54) is 6.92 Å². The van der Waals surface area contributed by atoms with Gasteiger partial charge in [0.1, 0.15) is 0 Å². The van der Waals surface area contributed by atoms with Crippen molar-refractivity contribution in [3.8, 4) is 0 Å². The summed E-state index contributed by atoms with van der Waals surface area (Å²) in [5.74, 6) is -3.95. The molecule has 62 valence electrons. The quantitative estimate of drug-likeness (QED) is 0.572. The first-order valence-electron chi connectivity index (χ1n) is 2.59. The van der Waals surface area contributed by atoms with Crippen LogP contribution in [-0.4, -0.2) is 4.98 Å². The molecule has 0 aliphatic carbocycles. The van der Waals surface area contributed by atoms with E-state index in [9.17, 15) is 13.2 Å². The monoisotopic (exact) mass is 163 g/mol. The Hall–Kier alpha value is -1.06. The van der Waals surface area contributed by atoms with Gasteiger partial charge in [0.05, 0.1) is 11.9 Å². The summed E-state index contributed by atoms with van der Waals surface area (Å²) in [6.07, 6.45) is 0.647. The molecule has 0 atom stereocenters. The molecule has 0 aliphatic heterocycles. The van der Waals surface area contributed by atoms with E-state index in [4.69, 9.17) is 0 Å². The second-order valence-corrected chi connectivity index (χ2v) is 1.82. The van der Waals surface area contributed by atoms with Crippen molar-refractivity contribution in [3.05, 3.63) is 29.3 Å². The highest BCUT2D eigenvalue weighted by atomic mass is 19.2. The van der Waals surface area contributed by atoms with Gasteiger partial charge in [-0.05, 0) is 6.92 Å². The lowest BCUT2D eigenvalue weighted by molar-refractivity contribution is 0.436. The summed E-state index contributed by atoms with van der Waals surface area (Å²) in [5.41, 5.74) is -0.140. The van der Waals surface area contributed by atoms with Crippen LogP contribution < -0.4 is 0 Å². The maximum atomic E-state index is 12.3. The maximum absolute atomic E-state index is 12.3. The molecule has 0 amide bonds. The number of aromatic nitrogens is 1. The molecule has 0 N–H and O–H groups in total. The molecular weight excluding hydrogens is 155 g/mol. The second-order valence-electron chi connectivity index (χ2n) is 1.82. The van der Waals surface area contributed by atoms with Crippen LogP contribution in [0.25, 0.3) is 0 Å². The fourth-order valence-corrected chi connectivity index (χ4v) is 0.531. The largest absolute Gasteiger partial charge is 0.255 e. The first-order valence-corrected chi connectivity index (χ1v) is 2.59. The van der Waals surface area contributed by atoms with Crippen molar-refractivity contribution in [2.45, 2.75) is 14.4 Å². The number of pyridine rings is 1. The highest BCUT2D eigenvalue weighted by Gasteiger charge is 2.10. The molecule has 11 heavy (non-hydrogen) atoms. The lowest BCUT2D eigenvalue weighted by Gasteiger charge is -1.95. The maximum Gasteiger partial charge on any atom is 0.197 e. The van der Waals surface area contributed by atoms with Crippen LogP contribution >= 0.6 is 0 Å². The minimum absolute atomic E-state index is 0. The van der Waals surface area contributed by atoms with E-state index in [1.807, 2.05) is 0 Å². The Balaban J connectivity index is 0.000001000. The number of halogens is 3. The van der Waals surface area contributed by atoms with Crippen molar-refractivity contribution in [2.75, 3.05) is 0 Å². The number of rotatable bonds is 0. The van der Waals surface area contributed by atoms with Crippen molar-refractivity contribution in [1.29, 1.82) is 0 Å². The van der Waals surface area contributed by atoms with Crippen LogP contribution in [0.1, 0.15) is 13.1 Å². The van der Waals surface area contributed by atoms with Crippen LogP contribution in [-0.2, 0) is 0 Å². The van der Waals surface area contributed by atoms with E-state index in [2.05, 4.69) is 4.98 Å². The van der Waals surface area contributed by atoms with Gasteiger partial charge in [-0.1, -0.05) is 7.43 Å². The third-order valence-electron chi connectivity index (χ3n) is 1.09. The number of hydrogen-bond acceptors (Lipinski definition) is 1. The molecule has 0 saturated carbocycles. The number of nitrogens with zero attached hydrogens (tertiary/aromatic N) is 1. The standard InChI is InChI=1S/C6H4F3N.CH4/c1-3-5(8)6(9)4(7)2-10-3;/h2H,1H3;1H4. The zero-order valence-corrected chi connectivity index (χ0v) is 5.16. The Morgan fingerprint density at radius 3 is 2.18 bits per heavy atom. The van der Waals surface area contributed by atoms with E-state index in [-0.39, 0.29) is 13.1 Å². The molecule has 1 aromatic heterocycles. The van der Waals surface area contributed by atoms with Gasteiger partial charge in [-0.25, -0.2) is 13.2 Å². The lowest BCUT2D eigenvalue weighted by Crippen LogP contribution is -1.96. The van der Waals surface area contributed by atoms with Gasteiger partial charge in [0, 0.05) is 0 Å². The van der Waals surface area contributed by atoms with Gasteiger partial charge in [0.15, 0.2) is 17.5 Å². The second kappa shape index (κ2) is 3.37. The van der Waals surface area contributed by atoms with E-state index < -0.39 is 17.5 Å². The summed E-state index contributed by atoms with van der Waals surface area (Å²) in [7, 11) is 0. The van der Waals surface area contributed by atoms with E-state index in [0.717, 1.165) is 0 Å². The molecule has 0 aromatic carbocycles. The zero-order valence-electron chi connectivity index (χ0n) is 5.16. The molecule has 1 rings (SSSR count). The van der Waals surface area contributed by atoms with Crippen LogP contribution in [0.4, 0.5) is 13.2 Å². The van der Waals surface area contributed by atoms with Crippen molar-refractivity contribution < 1.29 is 13.2 Å². The fourth-order valence-electron chi connectivity index (χ4n) is 0.531. The Bertz CT molecular complexity index is 233. The summed E-state index contributed by atoms with van der Waals surface area (Å²) < 4.78 is 36.6. The topological polar surface area (TPSA) is 12.9 Å². The van der Waals surface area contributed by atoms with Gasteiger partial charge in [-0.2, -0.15) is 0 Å². The van der Waals surface area contributed by atoms with Crippen LogP contribution in [0.5, 0.6) is 0 Å². The Morgan fingerprint density at radius 2 is 1.73 bits per heavy atom. The molecule has 0 unspecified atom stereocenters. The van der Waals surface area contributed by atoms with Gasteiger partial charge in [-0.3, -0.25) is 4.98 Å². The van der Waals surface area contributed by atoms with Gasteiger partial charge in [0.2, 0.25) is 0 Å². The summed E-state index contributed by atoms with van der Waals surface area (Å²) in [5, 5.41) is 0. The number of aryl methyl sites for hydroxylation is 1. The molecule has 0 fully saturated rings. The number of hydrogen-bond donors (Lipinski definition) is 0. The predicted molar refractivity (Wildman–Crippen MR) is 35.6 cm³/mol. The average molecular weight is 163 g/mol. The van der Waals surface area contributed by atoms with Gasteiger partial charge < -0.3 is 0 Å². The minimum Gasteiger partial charge on any atom is -0.255 e. The van der Waals surface area contributed by atoms with E-state index >= 15 is 0 Å². The van der Waals surface area contributed by atoms with E-state index in [1.54, 1.807) is 0 Å². The molecule has 4 heteroatoms. The zero-order chi connectivity index (χ0) is 7.72. The summed E-state index contributed by atoms with van der Waals surface area (Å²) in [6.45, 7) is 1.26. The summed E-state index contributed by atoms with van der Waals surface area (Å²) in [6, 6.07) is 0. The van der Waals surface area contributed by atoms with Crippen molar-refractivity contribution in [1.82, 2.24) is 4.98 Å². The Labute approximate surface area is 62.9 Å². The molecule has 0 saturated heterocycles. The molecule has 0 bridgehead atoms. The third-order valence-corrected chi connectivity index (χ3v) is 1.09. The van der Waals surface area contributed by atoms with Gasteiger partial charge in [0.25, 0.3) is 0 Å². The molecule has 0 spiro atoms. The normalized spacial score (nSPS) is 9.09. The van der Waals surface area contributed by atoms with Crippen molar-refractivity contribution in [3.63, 3.8) is 0 Å². The first-order chi connectivity index (χ1) is 4.63. The summed E-state index contributed by atoms with van der Waals surface area (Å²) in [4.78, 5) is 3.25. The molecule has 1 heterocycles. The highest BCUT2D eigenvalue weighted by Crippen LogP contribution is 2.10. The van der Waals surface area contributed by atoms with Crippen LogP contribution in [0.15, 0.2) is 6.20 Å². The first kappa shape index (κ1) is 9.94. The van der Waals surface area contributed by atoms with Crippen LogP contribution in [0, 0.1) is 24.4 Å². The van der Waals surface area contributed by atoms with Gasteiger partial charge in [-0.15, -0.1) is 0 Å². The average Bonchev–Trinajstić information content (AvgIpc) is 1.93. The van der Waals surface area contributed by atoms with Crippen molar-refractivity contribution >= 4 is 0 Å². The van der Waals surface area contributed by atoms with Crippen molar-refractivity contribution in [2.24, 2.45) is 0 Å². The molecule has 0 radical (unpaired) electrons. The SMILES string of the molecule is C.Cc1ncc(F)c(F)c1F. The molecular formula is C7H8F3N. The Morgan fingerprint density at radius 1 is 1.18 bits per heavy atom. The summed E-state index contributed by atoms with van der Waals surface area (Å²) >= 11 is 0. The van der Waals surface area contributed by atoms with Crippen LogP contribution in [0.3, 0.4) is 0 Å². The Kier molecular flexibility index (Phi) is 3.04. The molecule has 1 aromatic rings. The predicted octanol–water partition coefficient (Wildman–Crippen LogP) is 2.44.